The molecule has 2 N–H and O–H groups in total. The Hall–Kier alpha value is -0.610. The normalized spacial score (nSPS) is 35.3. The summed E-state index contributed by atoms with van der Waals surface area (Å²) in [7, 11) is 1.68. The van der Waals surface area contributed by atoms with E-state index in [0.29, 0.717) is 12.6 Å². The first kappa shape index (κ1) is 14.8. The Kier molecular flexibility index (Phi) is 5.22. The highest BCUT2D eigenvalue weighted by atomic mass is 16.5. The van der Waals surface area contributed by atoms with E-state index in [1.165, 1.54) is 19.3 Å². The van der Waals surface area contributed by atoms with Crippen molar-refractivity contribution in [3.8, 4) is 0 Å². The summed E-state index contributed by atoms with van der Waals surface area (Å²) in [5.41, 5.74) is -0.337. The molecule has 2 rings (SSSR count). The van der Waals surface area contributed by atoms with Gasteiger partial charge in [-0.15, -0.1) is 0 Å². The lowest BCUT2D eigenvalue weighted by molar-refractivity contribution is -0.134. The number of hydrogen-bond acceptors (Lipinski definition) is 3. The Morgan fingerprint density at radius 1 is 1.37 bits per heavy atom. The van der Waals surface area contributed by atoms with Gasteiger partial charge in [0.25, 0.3) is 0 Å². The van der Waals surface area contributed by atoms with Crippen LogP contribution in [0.3, 0.4) is 0 Å². The number of methoxy groups -OCH3 is 1. The fourth-order valence-electron chi connectivity index (χ4n) is 3.46. The Morgan fingerprint density at radius 2 is 2.11 bits per heavy atom. The number of ether oxygens (including phenoxy) is 1. The minimum Gasteiger partial charge on any atom is -0.384 e. The number of amides is 1. The molecule has 0 aromatic carbocycles. The van der Waals surface area contributed by atoms with E-state index in [-0.39, 0.29) is 11.3 Å². The zero-order valence-corrected chi connectivity index (χ0v) is 12.3. The van der Waals surface area contributed by atoms with Gasteiger partial charge in [0, 0.05) is 19.7 Å². The second-order valence-electron chi connectivity index (χ2n) is 6.24. The molecule has 1 amide bonds. The zero-order valence-electron chi connectivity index (χ0n) is 12.3. The predicted molar refractivity (Wildman–Crippen MR) is 76.0 cm³/mol. The van der Waals surface area contributed by atoms with Crippen LogP contribution < -0.4 is 10.6 Å². The Labute approximate surface area is 116 Å². The molecule has 2 fully saturated rings. The fraction of sp³-hybridized carbons (Fsp3) is 0.933. The van der Waals surface area contributed by atoms with Crippen LogP contribution in [0, 0.1) is 11.3 Å². The molecule has 1 saturated heterocycles. The molecule has 1 unspecified atom stereocenters. The standard InChI is InChI=1S/C15H28N2O2/c1-3-12-4-6-13(7-5-12)17-14(18)15(11-19-2)8-9-16-10-15/h12-13,16H,3-11H2,1-2H3,(H,17,18). The van der Waals surface area contributed by atoms with Crippen molar-refractivity contribution in [2.24, 2.45) is 11.3 Å². The lowest BCUT2D eigenvalue weighted by Crippen LogP contribution is -2.49. The largest absolute Gasteiger partial charge is 0.384 e. The molecule has 0 radical (unpaired) electrons. The second kappa shape index (κ2) is 6.71. The molecule has 0 aromatic heterocycles. The molecule has 4 heteroatoms. The summed E-state index contributed by atoms with van der Waals surface area (Å²) in [6.45, 7) is 4.45. The molecule has 4 nitrogen and oxygen atoms in total. The monoisotopic (exact) mass is 268 g/mol. The SMILES string of the molecule is CCC1CCC(NC(=O)C2(COC)CCNC2)CC1. The number of rotatable bonds is 5. The van der Waals surface area contributed by atoms with E-state index in [1.807, 2.05) is 0 Å². The Balaban J connectivity index is 1.86. The molecule has 110 valence electrons. The van der Waals surface area contributed by atoms with Crippen LogP contribution in [0.5, 0.6) is 0 Å². The van der Waals surface area contributed by atoms with Gasteiger partial charge in [-0.1, -0.05) is 13.3 Å². The van der Waals surface area contributed by atoms with Crippen molar-refractivity contribution in [2.45, 2.75) is 51.5 Å². The first-order chi connectivity index (χ1) is 9.20. The third kappa shape index (κ3) is 3.48. The molecule has 1 aliphatic carbocycles. The van der Waals surface area contributed by atoms with E-state index in [0.717, 1.165) is 38.3 Å². The van der Waals surface area contributed by atoms with Crippen LogP contribution in [0.4, 0.5) is 0 Å². The van der Waals surface area contributed by atoms with Gasteiger partial charge in [0.15, 0.2) is 0 Å². The first-order valence-corrected chi connectivity index (χ1v) is 7.71. The summed E-state index contributed by atoms with van der Waals surface area (Å²) in [5.74, 6) is 1.06. The maximum absolute atomic E-state index is 12.5. The van der Waals surface area contributed by atoms with E-state index in [2.05, 4.69) is 17.6 Å². The summed E-state index contributed by atoms with van der Waals surface area (Å²) in [6, 6.07) is 0.379. The Morgan fingerprint density at radius 3 is 2.63 bits per heavy atom. The number of nitrogens with one attached hydrogen (secondary N) is 2. The van der Waals surface area contributed by atoms with Gasteiger partial charge >= 0.3 is 0 Å². The van der Waals surface area contributed by atoms with Crippen molar-refractivity contribution >= 4 is 5.91 Å². The van der Waals surface area contributed by atoms with Crippen LogP contribution in [0.2, 0.25) is 0 Å². The van der Waals surface area contributed by atoms with Crippen molar-refractivity contribution in [1.29, 1.82) is 0 Å². The molecular formula is C15H28N2O2. The molecule has 1 aliphatic heterocycles. The molecule has 19 heavy (non-hydrogen) atoms. The molecule has 0 spiro atoms. The van der Waals surface area contributed by atoms with Crippen LogP contribution in [-0.4, -0.2) is 38.8 Å². The third-order valence-electron chi connectivity index (χ3n) is 4.91. The average Bonchev–Trinajstić information content (AvgIpc) is 2.90. The molecule has 0 aromatic rings. The highest BCUT2D eigenvalue weighted by molar-refractivity contribution is 5.83. The zero-order chi connectivity index (χ0) is 13.7. The van der Waals surface area contributed by atoms with E-state index in [9.17, 15) is 4.79 Å². The summed E-state index contributed by atoms with van der Waals surface area (Å²) in [5, 5.41) is 6.56. The maximum atomic E-state index is 12.5. The van der Waals surface area contributed by atoms with Crippen molar-refractivity contribution in [3.63, 3.8) is 0 Å². The van der Waals surface area contributed by atoms with Gasteiger partial charge in [-0.25, -0.2) is 0 Å². The highest BCUT2D eigenvalue weighted by Gasteiger charge is 2.42. The molecule has 1 saturated carbocycles. The van der Waals surface area contributed by atoms with Crippen LogP contribution in [0.15, 0.2) is 0 Å². The number of carbonyl (C=O) groups is 1. The van der Waals surface area contributed by atoms with Gasteiger partial charge in [-0.05, 0) is 44.6 Å². The van der Waals surface area contributed by atoms with Crippen LogP contribution in [0.1, 0.15) is 45.4 Å². The quantitative estimate of drug-likeness (QED) is 0.798. The third-order valence-corrected chi connectivity index (χ3v) is 4.91. The lowest BCUT2D eigenvalue weighted by atomic mass is 9.82. The van der Waals surface area contributed by atoms with E-state index >= 15 is 0 Å². The lowest BCUT2D eigenvalue weighted by Gasteiger charge is -2.32. The van der Waals surface area contributed by atoms with Crippen molar-refractivity contribution in [2.75, 3.05) is 26.8 Å². The van der Waals surface area contributed by atoms with E-state index < -0.39 is 0 Å². The molecule has 2 aliphatic rings. The number of carbonyl (C=O) groups excluding carboxylic acids is 1. The van der Waals surface area contributed by atoms with Crippen molar-refractivity contribution in [3.05, 3.63) is 0 Å². The molecular weight excluding hydrogens is 240 g/mol. The van der Waals surface area contributed by atoms with Gasteiger partial charge < -0.3 is 15.4 Å². The molecule has 0 bridgehead atoms. The Bertz CT molecular complexity index is 293. The van der Waals surface area contributed by atoms with Gasteiger partial charge in [-0.3, -0.25) is 4.79 Å². The second-order valence-corrected chi connectivity index (χ2v) is 6.24. The van der Waals surface area contributed by atoms with Crippen LogP contribution >= 0.6 is 0 Å². The predicted octanol–water partition coefficient (Wildman–Crippen LogP) is 1.70. The average molecular weight is 268 g/mol. The van der Waals surface area contributed by atoms with Crippen LogP contribution in [0.25, 0.3) is 0 Å². The summed E-state index contributed by atoms with van der Waals surface area (Å²) in [4.78, 5) is 12.5. The van der Waals surface area contributed by atoms with Gasteiger partial charge in [0.05, 0.1) is 12.0 Å². The molecule has 1 atom stereocenters. The van der Waals surface area contributed by atoms with Crippen molar-refractivity contribution in [1.82, 2.24) is 10.6 Å². The van der Waals surface area contributed by atoms with Crippen LogP contribution in [-0.2, 0) is 9.53 Å². The van der Waals surface area contributed by atoms with E-state index in [1.54, 1.807) is 7.11 Å². The van der Waals surface area contributed by atoms with Gasteiger partial charge in [0.1, 0.15) is 0 Å². The maximum Gasteiger partial charge on any atom is 0.230 e. The van der Waals surface area contributed by atoms with E-state index in [4.69, 9.17) is 4.74 Å². The van der Waals surface area contributed by atoms with Gasteiger partial charge in [0.2, 0.25) is 5.91 Å². The fourth-order valence-corrected chi connectivity index (χ4v) is 3.46. The number of hydrogen-bond donors (Lipinski definition) is 2. The minimum atomic E-state index is -0.337. The topological polar surface area (TPSA) is 50.4 Å². The minimum absolute atomic E-state index is 0.194. The summed E-state index contributed by atoms with van der Waals surface area (Å²) >= 11 is 0. The highest BCUT2D eigenvalue weighted by Crippen LogP contribution is 2.29. The smallest absolute Gasteiger partial charge is 0.230 e. The van der Waals surface area contributed by atoms with Gasteiger partial charge in [-0.2, -0.15) is 0 Å². The molecule has 1 heterocycles. The summed E-state index contributed by atoms with van der Waals surface area (Å²) in [6.07, 6.45) is 6.96. The summed E-state index contributed by atoms with van der Waals surface area (Å²) < 4.78 is 5.27. The first-order valence-electron chi connectivity index (χ1n) is 7.71. The van der Waals surface area contributed by atoms with Crippen molar-refractivity contribution < 1.29 is 9.53 Å².